The second kappa shape index (κ2) is 5.00. The zero-order chi connectivity index (χ0) is 10.6. The van der Waals surface area contributed by atoms with Gasteiger partial charge in [-0.25, -0.2) is 0 Å². The molecule has 0 spiro atoms. The fourth-order valence-corrected chi connectivity index (χ4v) is 1.67. The second-order valence-electron chi connectivity index (χ2n) is 2.96. The number of amides is 1. The van der Waals surface area contributed by atoms with Crippen molar-refractivity contribution in [1.82, 2.24) is 5.32 Å². The Labute approximate surface area is 91.8 Å². The molecule has 3 nitrogen and oxygen atoms in total. The van der Waals surface area contributed by atoms with Crippen molar-refractivity contribution in [2.24, 2.45) is 0 Å². The summed E-state index contributed by atoms with van der Waals surface area (Å²) in [6.45, 7) is 2.67. The van der Waals surface area contributed by atoms with E-state index in [1.165, 1.54) is 0 Å². The topological polar surface area (TPSA) is 55.1 Å². The molecule has 1 aromatic rings. The summed E-state index contributed by atoms with van der Waals surface area (Å²) >= 11 is 3.30. The molecule has 0 unspecified atom stereocenters. The van der Waals surface area contributed by atoms with Crippen molar-refractivity contribution in [2.75, 3.05) is 12.3 Å². The largest absolute Gasteiger partial charge is 0.398 e. The minimum absolute atomic E-state index is 0.128. The van der Waals surface area contributed by atoms with Crippen LogP contribution in [0.15, 0.2) is 22.7 Å². The van der Waals surface area contributed by atoms with Crippen LogP contribution in [0.1, 0.15) is 23.7 Å². The number of halogens is 1. The molecule has 0 heterocycles. The summed E-state index contributed by atoms with van der Waals surface area (Å²) in [6.07, 6.45) is 0.913. The van der Waals surface area contributed by atoms with Gasteiger partial charge in [0, 0.05) is 16.7 Å². The van der Waals surface area contributed by atoms with E-state index in [2.05, 4.69) is 21.2 Å². The van der Waals surface area contributed by atoms with E-state index in [-0.39, 0.29) is 5.91 Å². The first-order valence-electron chi connectivity index (χ1n) is 4.49. The maximum atomic E-state index is 11.6. The van der Waals surface area contributed by atoms with Crippen molar-refractivity contribution in [1.29, 1.82) is 0 Å². The van der Waals surface area contributed by atoms with Gasteiger partial charge in [0.1, 0.15) is 0 Å². The molecule has 14 heavy (non-hydrogen) atoms. The first kappa shape index (κ1) is 11.0. The highest BCUT2D eigenvalue weighted by Gasteiger charge is 2.11. The van der Waals surface area contributed by atoms with Crippen LogP contribution >= 0.6 is 15.9 Å². The SMILES string of the molecule is CCCNC(=O)c1c(N)cccc1Br. The summed E-state index contributed by atoms with van der Waals surface area (Å²) in [5, 5.41) is 2.78. The van der Waals surface area contributed by atoms with Gasteiger partial charge in [-0.1, -0.05) is 13.0 Å². The molecule has 0 bridgehead atoms. The molecule has 4 heteroatoms. The van der Waals surface area contributed by atoms with Gasteiger partial charge in [0.2, 0.25) is 0 Å². The number of nitrogens with two attached hydrogens (primary N) is 1. The van der Waals surface area contributed by atoms with Crippen molar-refractivity contribution >= 4 is 27.5 Å². The Morgan fingerprint density at radius 3 is 2.86 bits per heavy atom. The second-order valence-corrected chi connectivity index (χ2v) is 3.81. The summed E-state index contributed by atoms with van der Waals surface area (Å²) in [4.78, 5) is 11.6. The van der Waals surface area contributed by atoms with Gasteiger partial charge in [0.15, 0.2) is 0 Å². The molecule has 0 radical (unpaired) electrons. The van der Waals surface area contributed by atoms with Crippen LogP contribution in [0.4, 0.5) is 5.69 Å². The first-order chi connectivity index (χ1) is 6.66. The predicted molar refractivity (Wildman–Crippen MR) is 61.2 cm³/mol. The molecule has 0 saturated heterocycles. The van der Waals surface area contributed by atoms with Crippen molar-refractivity contribution < 1.29 is 4.79 Å². The Hall–Kier alpha value is -1.03. The predicted octanol–water partition coefficient (Wildman–Crippen LogP) is 2.17. The van der Waals surface area contributed by atoms with E-state index in [4.69, 9.17) is 5.73 Å². The molecule has 0 aliphatic heterocycles. The number of carbonyl (C=O) groups excluding carboxylic acids is 1. The van der Waals surface area contributed by atoms with Crippen LogP contribution in [-0.4, -0.2) is 12.5 Å². The molecule has 0 aliphatic rings. The van der Waals surface area contributed by atoms with Gasteiger partial charge < -0.3 is 11.1 Å². The number of nitrogen functional groups attached to an aromatic ring is 1. The third-order valence-corrected chi connectivity index (χ3v) is 2.47. The quantitative estimate of drug-likeness (QED) is 0.815. The fraction of sp³-hybridized carbons (Fsp3) is 0.300. The van der Waals surface area contributed by atoms with Gasteiger partial charge in [-0.15, -0.1) is 0 Å². The zero-order valence-corrected chi connectivity index (χ0v) is 9.60. The minimum Gasteiger partial charge on any atom is -0.398 e. The normalized spacial score (nSPS) is 9.86. The highest BCUT2D eigenvalue weighted by Crippen LogP contribution is 2.21. The van der Waals surface area contributed by atoms with E-state index >= 15 is 0 Å². The Bertz CT molecular complexity index is 319. The lowest BCUT2D eigenvalue weighted by molar-refractivity contribution is 0.0954. The number of nitrogens with one attached hydrogen (secondary N) is 1. The summed E-state index contributed by atoms with van der Waals surface area (Å²) in [5.74, 6) is -0.128. The fourth-order valence-electron chi connectivity index (χ4n) is 1.11. The molecule has 1 rings (SSSR count). The van der Waals surface area contributed by atoms with E-state index < -0.39 is 0 Å². The highest BCUT2D eigenvalue weighted by molar-refractivity contribution is 9.10. The average molecular weight is 257 g/mol. The van der Waals surface area contributed by atoms with Crippen molar-refractivity contribution in [2.45, 2.75) is 13.3 Å². The zero-order valence-electron chi connectivity index (χ0n) is 8.01. The maximum absolute atomic E-state index is 11.6. The van der Waals surface area contributed by atoms with Crippen LogP contribution in [0.2, 0.25) is 0 Å². The van der Waals surface area contributed by atoms with Gasteiger partial charge in [0.05, 0.1) is 5.56 Å². The van der Waals surface area contributed by atoms with Crippen LogP contribution in [0.3, 0.4) is 0 Å². The first-order valence-corrected chi connectivity index (χ1v) is 5.28. The molecule has 0 aliphatic carbocycles. The number of anilines is 1. The molecule has 0 aromatic heterocycles. The number of hydrogen-bond donors (Lipinski definition) is 2. The van der Waals surface area contributed by atoms with E-state index in [0.717, 1.165) is 10.9 Å². The van der Waals surface area contributed by atoms with Gasteiger partial charge in [-0.05, 0) is 34.5 Å². The Morgan fingerprint density at radius 2 is 2.29 bits per heavy atom. The van der Waals surface area contributed by atoms with E-state index in [1.54, 1.807) is 18.2 Å². The molecule has 76 valence electrons. The number of benzene rings is 1. The summed E-state index contributed by atoms with van der Waals surface area (Å²) in [5.41, 5.74) is 6.71. The number of rotatable bonds is 3. The van der Waals surface area contributed by atoms with Crippen molar-refractivity contribution in [3.8, 4) is 0 Å². The van der Waals surface area contributed by atoms with Crippen LogP contribution in [0, 0.1) is 0 Å². The van der Waals surface area contributed by atoms with Crippen LogP contribution in [-0.2, 0) is 0 Å². The lowest BCUT2D eigenvalue weighted by Gasteiger charge is -2.07. The smallest absolute Gasteiger partial charge is 0.254 e. The number of hydrogen-bond acceptors (Lipinski definition) is 2. The third kappa shape index (κ3) is 2.48. The molecule has 0 atom stereocenters. The Morgan fingerprint density at radius 1 is 1.57 bits per heavy atom. The average Bonchev–Trinajstić information content (AvgIpc) is 2.14. The van der Waals surface area contributed by atoms with E-state index in [9.17, 15) is 4.79 Å². The molecule has 1 aromatic carbocycles. The lowest BCUT2D eigenvalue weighted by atomic mass is 10.1. The van der Waals surface area contributed by atoms with Crippen molar-refractivity contribution in [3.05, 3.63) is 28.2 Å². The highest BCUT2D eigenvalue weighted by atomic mass is 79.9. The number of carbonyl (C=O) groups is 1. The molecular formula is C10H13BrN2O. The summed E-state index contributed by atoms with van der Waals surface area (Å²) in [6, 6.07) is 5.32. The third-order valence-electron chi connectivity index (χ3n) is 1.81. The summed E-state index contributed by atoms with van der Waals surface area (Å²) in [7, 11) is 0. The Balaban J connectivity index is 2.89. The van der Waals surface area contributed by atoms with Gasteiger partial charge in [-0.2, -0.15) is 0 Å². The van der Waals surface area contributed by atoms with Crippen molar-refractivity contribution in [3.63, 3.8) is 0 Å². The molecule has 1 amide bonds. The van der Waals surface area contributed by atoms with Gasteiger partial charge >= 0.3 is 0 Å². The monoisotopic (exact) mass is 256 g/mol. The van der Waals surface area contributed by atoms with Gasteiger partial charge in [-0.3, -0.25) is 4.79 Å². The maximum Gasteiger partial charge on any atom is 0.254 e. The lowest BCUT2D eigenvalue weighted by Crippen LogP contribution is -2.25. The standard InChI is InChI=1S/C10H13BrN2O/c1-2-6-13-10(14)9-7(11)4-3-5-8(9)12/h3-5H,2,6,12H2,1H3,(H,13,14). The van der Waals surface area contributed by atoms with E-state index in [0.29, 0.717) is 17.8 Å². The minimum atomic E-state index is -0.128. The molecule has 0 fully saturated rings. The van der Waals surface area contributed by atoms with Crippen LogP contribution in [0.25, 0.3) is 0 Å². The molecule has 0 saturated carbocycles. The van der Waals surface area contributed by atoms with E-state index in [1.807, 2.05) is 6.92 Å². The Kier molecular flexibility index (Phi) is 3.95. The molecular weight excluding hydrogens is 244 g/mol. The van der Waals surface area contributed by atoms with Crippen LogP contribution < -0.4 is 11.1 Å². The molecule has 3 N–H and O–H groups in total. The van der Waals surface area contributed by atoms with Gasteiger partial charge in [0.25, 0.3) is 5.91 Å². The summed E-state index contributed by atoms with van der Waals surface area (Å²) < 4.78 is 0.728. The van der Waals surface area contributed by atoms with Crippen LogP contribution in [0.5, 0.6) is 0 Å².